The van der Waals surface area contributed by atoms with Gasteiger partial charge in [-0.05, 0) is 18.8 Å². The first-order valence-electron chi connectivity index (χ1n) is 3.86. The fourth-order valence-corrected chi connectivity index (χ4v) is 1.20. The van der Waals surface area contributed by atoms with Crippen molar-refractivity contribution in [3.05, 3.63) is 0 Å². The van der Waals surface area contributed by atoms with Gasteiger partial charge in [-0.2, -0.15) is 0 Å². The summed E-state index contributed by atoms with van der Waals surface area (Å²) in [5.74, 6) is 1.05. The first-order valence-corrected chi connectivity index (χ1v) is 3.86. The smallest absolute Gasteiger partial charge is 0.188 e. The van der Waals surface area contributed by atoms with E-state index in [1.165, 1.54) is 0 Å². The van der Waals surface area contributed by atoms with Crippen molar-refractivity contribution in [2.45, 2.75) is 18.9 Å². The van der Waals surface area contributed by atoms with Crippen LogP contribution in [0.15, 0.2) is 4.99 Å². The number of nitrogens with two attached hydrogens (primary N) is 1. The van der Waals surface area contributed by atoms with E-state index in [0.717, 1.165) is 19.4 Å². The molecule has 0 aromatic carbocycles. The second-order valence-electron chi connectivity index (χ2n) is 2.98. The van der Waals surface area contributed by atoms with E-state index in [-0.39, 0.29) is 6.10 Å². The standard InChI is InChI=1S/C7H15N3O/c1-9-7(8)10-4-5-2-6(11)3-5/h5-6,11H,2-4H2,1H3,(H3,8,9,10). The van der Waals surface area contributed by atoms with Crippen molar-refractivity contribution in [3.63, 3.8) is 0 Å². The largest absolute Gasteiger partial charge is 0.393 e. The quantitative estimate of drug-likeness (QED) is 0.366. The first-order chi connectivity index (χ1) is 5.22. The Morgan fingerprint density at radius 3 is 2.82 bits per heavy atom. The van der Waals surface area contributed by atoms with Gasteiger partial charge in [0, 0.05) is 13.6 Å². The minimum absolute atomic E-state index is 0.0819. The molecule has 1 fully saturated rings. The van der Waals surface area contributed by atoms with Crippen LogP contribution < -0.4 is 11.1 Å². The Morgan fingerprint density at radius 1 is 1.73 bits per heavy atom. The molecule has 0 saturated heterocycles. The van der Waals surface area contributed by atoms with Crippen LogP contribution in [0.5, 0.6) is 0 Å². The van der Waals surface area contributed by atoms with E-state index in [9.17, 15) is 0 Å². The van der Waals surface area contributed by atoms with Gasteiger partial charge in [-0.25, -0.2) is 0 Å². The molecule has 1 aliphatic rings. The van der Waals surface area contributed by atoms with Crippen molar-refractivity contribution in [2.24, 2.45) is 16.6 Å². The van der Waals surface area contributed by atoms with Crippen LogP contribution in [0.25, 0.3) is 0 Å². The minimum atomic E-state index is -0.0819. The minimum Gasteiger partial charge on any atom is -0.393 e. The molecule has 0 amide bonds. The van der Waals surface area contributed by atoms with E-state index < -0.39 is 0 Å². The number of guanidine groups is 1. The van der Waals surface area contributed by atoms with E-state index in [1.54, 1.807) is 7.05 Å². The predicted octanol–water partition coefficient (Wildman–Crippen LogP) is -0.709. The molecule has 4 nitrogen and oxygen atoms in total. The number of rotatable bonds is 2. The lowest BCUT2D eigenvalue weighted by molar-refractivity contribution is 0.0450. The molecule has 0 heterocycles. The van der Waals surface area contributed by atoms with Gasteiger partial charge in [0.2, 0.25) is 0 Å². The van der Waals surface area contributed by atoms with Gasteiger partial charge in [0.1, 0.15) is 0 Å². The number of nitrogens with zero attached hydrogens (tertiary/aromatic N) is 1. The Morgan fingerprint density at radius 2 is 2.36 bits per heavy atom. The summed E-state index contributed by atoms with van der Waals surface area (Å²) in [6.45, 7) is 0.834. The second-order valence-corrected chi connectivity index (χ2v) is 2.98. The average Bonchev–Trinajstić information content (AvgIpc) is 1.95. The highest BCUT2D eigenvalue weighted by Crippen LogP contribution is 2.25. The molecule has 1 aliphatic carbocycles. The van der Waals surface area contributed by atoms with E-state index in [0.29, 0.717) is 11.9 Å². The summed E-state index contributed by atoms with van der Waals surface area (Å²) < 4.78 is 0. The second kappa shape index (κ2) is 3.57. The molecule has 0 radical (unpaired) electrons. The lowest BCUT2D eigenvalue weighted by Gasteiger charge is -2.31. The van der Waals surface area contributed by atoms with Crippen molar-refractivity contribution in [3.8, 4) is 0 Å². The molecular formula is C7H15N3O. The Kier molecular flexibility index (Phi) is 2.70. The van der Waals surface area contributed by atoms with Crippen LogP contribution in [0.3, 0.4) is 0 Å². The summed E-state index contributed by atoms with van der Waals surface area (Å²) in [5, 5.41) is 11.9. The Labute approximate surface area is 66.5 Å². The topological polar surface area (TPSA) is 70.6 Å². The average molecular weight is 157 g/mol. The molecule has 64 valence electrons. The van der Waals surface area contributed by atoms with Crippen LogP contribution in [0.1, 0.15) is 12.8 Å². The number of hydrogen-bond acceptors (Lipinski definition) is 2. The Balaban J connectivity index is 2.05. The number of aliphatic imine (C=N–C) groups is 1. The zero-order valence-electron chi connectivity index (χ0n) is 6.75. The van der Waals surface area contributed by atoms with Crippen molar-refractivity contribution in [1.82, 2.24) is 5.32 Å². The van der Waals surface area contributed by atoms with Gasteiger partial charge >= 0.3 is 0 Å². The highest BCUT2D eigenvalue weighted by Gasteiger charge is 2.26. The highest BCUT2D eigenvalue weighted by atomic mass is 16.3. The molecular weight excluding hydrogens is 142 g/mol. The van der Waals surface area contributed by atoms with Gasteiger partial charge in [0.05, 0.1) is 6.10 Å². The third-order valence-electron chi connectivity index (χ3n) is 2.02. The molecule has 0 aromatic rings. The maximum atomic E-state index is 8.95. The molecule has 4 N–H and O–H groups in total. The fraction of sp³-hybridized carbons (Fsp3) is 0.857. The first kappa shape index (κ1) is 8.33. The van der Waals surface area contributed by atoms with E-state index in [1.807, 2.05) is 0 Å². The third kappa shape index (κ3) is 2.38. The van der Waals surface area contributed by atoms with Crippen LogP contribution in [0.2, 0.25) is 0 Å². The van der Waals surface area contributed by atoms with Crippen molar-refractivity contribution < 1.29 is 5.11 Å². The van der Waals surface area contributed by atoms with Crippen molar-refractivity contribution in [2.75, 3.05) is 13.6 Å². The van der Waals surface area contributed by atoms with Gasteiger partial charge in [-0.1, -0.05) is 0 Å². The number of nitrogens with one attached hydrogen (secondary N) is 1. The molecule has 0 spiro atoms. The van der Waals surface area contributed by atoms with E-state index in [2.05, 4.69) is 10.3 Å². The monoisotopic (exact) mass is 157 g/mol. The summed E-state index contributed by atoms with van der Waals surface area (Å²) in [4.78, 5) is 3.76. The lowest BCUT2D eigenvalue weighted by atomic mass is 9.82. The Bertz CT molecular complexity index is 152. The van der Waals surface area contributed by atoms with E-state index in [4.69, 9.17) is 10.8 Å². The lowest BCUT2D eigenvalue weighted by Crippen LogP contribution is -2.41. The molecule has 0 aromatic heterocycles. The summed E-state index contributed by atoms with van der Waals surface area (Å²) in [7, 11) is 1.65. The molecule has 0 bridgehead atoms. The molecule has 11 heavy (non-hydrogen) atoms. The molecule has 4 heteroatoms. The van der Waals surface area contributed by atoms with E-state index >= 15 is 0 Å². The molecule has 1 rings (SSSR count). The van der Waals surface area contributed by atoms with Gasteiger partial charge in [-0.15, -0.1) is 0 Å². The zero-order valence-corrected chi connectivity index (χ0v) is 6.75. The van der Waals surface area contributed by atoms with Gasteiger partial charge in [0.15, 0.2) is 5.96 Å². The maximum Gasteiger partial charge on any atom is 0.188 e. The Hall–Kier alpha value is -0.770. The molecule has 0 aliphatic heterocycles. The fourth-order valence-electron chi connectivity index (χ4n) is 1.20. The summed E-state index contributed by atoms with van der Waals surface area (Å²) in [5.41, 5.74) is 5.41. The SMILES string of the molecule is CN=C(N)NCC1CC(O)C1. The zero-order chi connectivity index (χ0) is 8.27. The summed E-state index contributed by atoms with van der Waals surface area (Å²) >= 11 is 0. The molecule has 1 saturated carbocycles. The molecule has 0 unspecified atom stereocenters. The number of aliphatic hydroxyl groups is 1. The highest BCUT2D eigenvalue weighted by molar-refractivity contribution is 5.77. The van der Waals surface area contributed by atoms with Crippen LogP contribution in [0, 0.1) is 5.92 Å². The van der Waals surface area contributed by atoms with Crippen LogP contribution in [-0.2, 0) is 0 Å². The van der Waals surface area contributed by atoms with Crippen LogP contribution in [0.4, 0.5) is 0 Å². The van der Waals surface area contributed by atoms with Gasteiger partial charge in [0.25, 0.3) is 0 Å². The predicted molar refractivity (Wildman–Crippen MR) is 44.3 cm³/mol. The normalized spacial score (nSPS) is 31.3. The van der Waals surface area contributed by atoms with Crippen molar-refractivity contribution >= 4 is 5.96 Å². The van der Waals surface area contributed by atoms with Crippen molar-refractivity contribution in [1.29, 1.82) is 0 Å². The van der Waals surface area contributed by atoms with Crippen LogP contribution in [-0.4, -0.2) is 30.8 Å². The third-order valence-corrected chi connectivity index (χ3v) is 2.02. The van der Waals surface area contributed by atoms with Crippen LogP contribution >= 0.6 is 0 Å². The summed E-state index contributed by atoms with van der Waals surface area (Å²) in [6, 6.07) is 0. The van der Waals surface area contributed by atoms with Gasteiger partial charge < -0.3 is 16.2 Å². The maximum absolute atomic E-state index is 8.95. The van der Waals surface area contributed by atoms with Gasteiger partial charge in [-0.3, -0.25) is 4.99 Å². The number of hydrogen-bond donors (Lipinski definition) is 3. The molecule has 0 atom stereocenters. The summed E-state index contributed by atoms with van der Waals surface area (Å²) in [6.07, 6.45) is 1.70. The number of aliphatic hydroxyl groups excluding tert-OH is 1.